The Balaban J connectivity index is 1.45. The number of anilines is 2. The molecule has 3 aromatic rings. The normalized spacial score (nSPS) is 17.9. The third kappa shape index (κ3) is 4.83. The molecule has 1 unspecified atom stereocenters. The SMILES string of the molecule is C=CC(=O)Nc1cc(NC2=NC(c3cn(C)c4ccccc34)CC=N2)c(OC)cc1OCC1(N)CC1. The van der Waals surface area contributed by atoms with Gasteiger partial charge in [-0.2, -0.15) is 0 Å². The predicted octanol–water partition coefficient (Wildman–Crippen LogP) is 4.17. The third-order valence-electron chi connectivity index (χ3n) is 6.51. The summed E-state index contributed by atoms with van der Waals surface area (Å²) in [6.45, 7) is 3.89. The number of nitrogens with one attached hydrogen (secondary N) is 2. The van der Waals surface area contributed by atoms with E-state index in [2.05, 4.69) is 45.1 Å². The van der Waals surface area contributed by atoms with E-state index in [4.69, 9.17) is 20.2 Å². The van der Waals surface area contributed by atoms with Crippen LogP contribution in [0.25, 0.3) is 10.9 Å². The van der Waals surface area contributed by atoms with Crippen LogP contribution in [0, 0.1) is 0 Å². The van der Waals surface area contributed by atoms with Gasteiger partial charge in [0, 0.05) is 48.4 Å². The summed E-state index contributed by atoms with van der Waals surface area (Å²) in [6, 6.07) is 11.7. The Hall–Kier alpha value is -4.11. The van der Waals surface area contributed by atoms with Crippen molar-refractivity contribution in [3.05, 3.63) is 60.8 Å². The lowest BCUT2D eigenvalue weighted by molar-refractivity contribution is -0.111. The van der Waals surface area contributed by atoms with Crippen LogP contribution in [-0.2, 0) is 11.8 Å². The highest BCUT2D eigenvalue weighted by atomic mass is 16.5. The predicted molar refractivity (Wildman–Crippen MR) is 143 cm³/mol. The summed E-state index contributed by atoms with van der Waals surface area (Å²) in [6.07, 6.45) is 7.71. The molecule has 0 spiro atoms. The van der Waals surface area contributed by atoms with Crippen LogP contribution in [-0.4, -0.2) is 41.9 Å². The highest BCUT2D eigenvalue weighted by molar-refractivity contribution is 6.04. The fourth-order valence-corrected chi connectivity index (χ4v) is 4.25. The highest BCUT2D eigenvalue weighted by Crippen LogP contribution is 2.40. The van der Waals surface area contributed by atoms with Crippen molar-refractivity contribution >= 4 is 40.4 Å². The second kappa shape index (κ2) is 9.50. The Morgan fingerprint density at radius 1 is 1.28 bits per heavy atom. The van der Waals surface area contributed by atoms with Crippen molar-refractivity contribution in [2.75, 3.05) is 24.4 Å². The zero-order valence-corrected chi connectivity index (χ0v) is 20.5. The average molecular weight is 487 g/mol. The summed E-state index contributed by atoms with van der Waals surface area (Å²) < 4.78 is 13.7. The Bertz CT molecular complexity index is 1390. The Labute approximate surface area is 209 Å². The molecule has 2 heterocycles. The van der Waals surface area contributed by atoms with E-state index in [1.165, 1.54) is 11.5 Å². The van der Waals surface area contributed by atoms with Gasteiger partial charge >= 0.3 is 0 Å². The lowest BCUT2D eigenvalue weighted by atomic mass is 10.0. The number of nitrogens with zero attached hydrogens (tertiary/aromatic N) is 3. The maximum Gasteiger partial charge on any atom is 0.247 e. The molecule has 2 aromatic carbocycles. The van der Waals surface area contributed by atoms with E-state index >= 15 is 0 Å². The number of aliphatic imine (C=N–C) groups is 2. The van der Waals surface area contributed by atoms with Gasteiger partial charge in [0.05, 0.1) is 30.1 Å². The number of fused-ring (bicyclic) bond motifs is 1. The molecule has 1 amide bonds. The van der Waals surface area contributed by atoms with Crippen LogP contribution < -0.4 is 25.8 Å². The Kier molecular flexibility index (Phi) is 6.24. The fourth-order valence-electron chi connectivity index (χ4n) is 4.25. The molecule has 1 aliphatic heterocycles. The van der Waals surface area contributed by atoms with E-state index in [9.17, 15) is 4.79 Å². The number of para-hydroxylation sites is 1. The van der Waals surface area contributed by atoms with Crippen molar-refractivity contribution in [2.24, 2.45) is 22.8 Å². The molecule has 1 saturated carbocycles. The molecule has 186 valence electrons. The molecule has 1 atom stereocenters. The fraction of sp³-hybridized carbons (Fsp3) is 0.296. The van der Waals surface area contributed by atoms with Gasteiger partial charge in [0.1, 0.15) is 18.1 Å². The van der Waals surface area contributed by atoms with E-state index in [-0.39, 0.29) is 17.5 Å². The maximum absolute atomic E-state index is 12.1. The van der Waals surface area contributed by atoms with Crippen molar-refractivity contribution in [2.45, 2.75) is 30.8 Å². The smallest absolute Gasteiger partial charge is 0.247 e. The molecule has 4 N–H and O–H groups in total. The van der Waals surface area contributed by atoms with Crippen LogP contribution >= 0.6 is 0 Å². The third-order valence-corrected chi connectivity index (χ3v) is 6.51. The van der Waals surface area contributed by atoms with Gasteiger partial charge in [-0.1, -0.05) is 24.8 Å². The molecule has 0 bridgehead atoms. The van der Waals surface area contributed by atoms with Gasteiger partial charge in [0.15, 0.2) is 0 Å². The number of carbonyl (C=O) groups is 1. The average Bonchev–Trinajstić information content (AvgIpc) is 3.54. The minimum Gasteiger partial charge on any atom is -0.494 e. The van der Waals surface area contributed by atoms with E-state index in [0.29, 0.717) is 41.9 Å². The molecule has 5 rings (SSSR count). The molecule has 9 nitrogen and oxygen atoms in total. The number of hydrogen-bond acceptors (Lipinski definition) is 7. The highest BCUT2D eigenvalue weighted by Gasteiger charge is 2.39. The summed E-state index contributed by atoms with van der Waals surface area (Å²) in [7, 11) is 3.61. The van der Waals surface area contributed by atoms with Gasteiger partial charge < -0.3 is 30.4 Å². The van der Waals surface area contributed by atoms with Crippen LogP contribution in [0.15, 0.2) is 65.2 Å². The number of benzene rings is 2. The first kappa shape index (κ1) is 23.6. The standard InChI is InChI=1S/C27H30N6O3/c1-4-25(34)30-21-13-20(23(35-3)14-24(21)36-16-27(28)10-11-27)32-26-29-12-9-19(31-26)18-15-33(2)22-8-6-5-7-17(18)22/h4-8,12-15,19H,1,9-11,16,28H2,2-3H3,(H,30,34)(H,31,32). The minimum atomic E-state index is -0.353. The molecule has 9 heteroatoms. The number of hydrogen-bond donors (Lipinski definition) is 3. The zero-order chi connectivity index (χ0) is 25.3. The molecule has 2 aliphatic rings. The number of nitrogens with two attached hydrogens (primary N) is 1. The van der Waals surface area contributed by atoms with Crippen LogP contribution in [0.2, 0.25) is 0 Å². The number of rotatable bonds is 8. The topological polar surface area (TPSA) is 115 Å². The molecule has 1 fully saturated rings. The number of methoxy groups -OCH3 is 1. The van der Waals surface area contributed by atoms with Crippen LogP contribution in [0.1, 0.15) is 30.9 Å². The first-order valence-electron chi connectivity index (χ1n) is 11.9. The van der Waals surface area contributed by atoms with Crippen LogP contribution in [0.3, 0.4) is 0 Å². The van der Waals surface area contributed by atoms with Crippen molar-refractivity contribution in [3.63, 3.8) is 0 Å². The van der Waals surface area contributed by atoms with Crippen molar-refractivity contribution in [1.29, 1.82) is 0 Å². The number of aromatic nitrogens is 1. The van der Waals surface area contributed by atoms with Crippen molar-refractivity contribution in [1.82, 2.24) is 4.57 Å². The van der Waals surface area contributed by atoms with E-state index in [1.807, 2.05) is 25.4 Å². The molecule has 36 heavy (non-hydrogen) atoms. The quantitative estimate of drug-likeness (QED) is 0.414. The van der Waals surface area contributed by atoms with E-state index < -0.39 is 0 Å². The van der Waals surface area contributed by atoms with Crippen molar-refractivity contribution < 1.29 is 14.3 Å². The first-order chi connectivity index (χ1) is 17.4. The second-order valence-corrected chi connectivity index (χ2v) is 9.25. The number of aryl methyl sites for hydroxylation is 1. The maximum atomic E-state index is 12.1. The molecule has 1 aliphatic carbocycles. The van der Waals surface area contributed by atoms with Crippen LogP contribution in [0.4, 0.5) is 11.4 Å². The summed E-state index contributed by atoms with van der Waals surface area (Å²) in [5, 5.41) is 7.24. The summed E-state index contributed by atoms with van der Waals surface area (Å²) in [4.78, 5) is 21.5. The van der Waals surface area contributed by atoms with E-state index in [0.717, 1.165) is 23.9 Å². The lowest BCUT2D eigenvalue weighted by Crippen LogP contribution is -2.30. The monoisotopic (exact) mass is 486 g/mol. The second-order valence-electron chi connectivity index (χ2n) is 9.25. The van der Waals surface area contributed by atoms with Gasteiger partial charge in [0.25, 0.3) is 0 Å². The zero-order valence-electron chi connectivity index (χ0n) is 20.5. The number of guanidine groups is 1. The lowest BCUT2D eigenvalue weighted by Gasteiger charge is -2.20. The van der Waals surface area contributed by atoms with Gasteiger partial charge in [0.2, 0.25) is 11.9 Å². The van der Waals surface area contributed by atoms with Gasteiger partial charge in [-0.15, -0.1) is 0 Å². The summed E-state index contributed by atoms with van der Waals surface area (Å²) in [5.74, 6) is 1.08. The molecule has 1 aromatic heterocycles. The number of ether oxygens (including phenoxy) is 2. The molecule has 0 saturated heterocycles. The van der Waals surface area contributed by atoms with Gasteiger partial charge in [-0.3, -0.25) is 4.79 Å². The minimum absolute atomic E-state index is 0.0797. The molecular formula is C27H30N6O3. The van der Waals surface area contributed by atoms with E-state index in [1.54, 1.807) is 19.2 Å². The molecule has 0 radical (unpaired) electrons. The molecular weight excluding hydrogens is 456 g/mol. The largest absolute Gasteiger partial charge is 0.494 e. The summed E-state index contributed by atoms with van der Waals surface area (Å²) >= 11 is 0. The van der Waals surface area contributed by atoms with Gasteiger partial charge in [-0.05, 0) is 31.1 Å². The number of carbonyl (C=O) groups excluding carboxylic acids is 1. The Morgan fingerprint density at radius 2 is 2.08 bits per heavy atom. The Morgan fingerprint density at radius 3 is 2.83 bits per heavy atom. The first-order valence-corrected chi connectivity index (χ1v) is 11.9. The van der Waals surface area contributed by atoms with Crippen molar-refractivity contribution in [3.8, 4) is 11.5 Å². The number of amides is 1. The van der Waals surface area contributed by atoms with Gasteiger partial charge in [-0.25, -0.2) is 9.98 Å². The summed E-state index contributed by atoms with van der Waals surface area (Å²) in [5.41, 5.74) is 9.24. The van der Waals surface area contributed by atoms with Crippen LogP contribution in [0.5, 0.6) is 11.5 Å².